The Balaban J connectivity index is 2.25. The molecule has 1 aliphatic rings. The minimum atomic E-state index is -4.30. The summed E-state index contributed by atoms with van der Waals surface area (Å²) in [6, 6.07) is 5.98. The molecule has 0 radical (unpaired) electrons. The van der Waals surface area contributed by atoms with Crippen LogP contribution in [0.4, 0.5) is 18.9 Å². The molecule has 19 heavy (non-hydrogen) atoms. The van der Waals surface area contributed by atoms with Crippen molar-refractivity contribution in [2.45, 2.75) is 31.5 Å². The molecule has 1 aliphatic heterocycles. The van der Waals surface area contributed by atoms with E-state index in [1.807, 2.05) is 0 Å². The van der Waals surface area contributed by atoms with Crippen LogP contribution in [0.3, 0.4) is 0 Å². The lowest BCUT2D eigenvalue weighted by Gasteiger charge is -2.31. The Bertz CT molecular complexity index is 409. The summed E-state index contributed by atoms with van der Waals surface area (Å²) in [6.07, 6.45) is -1.49. The van der Waals surface area contributed by atoms with Crippen LogP contribution in [0.2, 0.25) is 0 Å². The van der Waals surface area contributed by atoms with Crippen molar-refractivity contribution in [3.05, 3.63) is 29.8 Å². The highest BCUT2D eigenvalue weighted by molar-refractivity contribution is 5.55. The van der Waals surface area contributed by atoms with Crippen molar-refractivity contribution in [3.63, 3.8) is 0 Å². The Labute approximate surface area is 111 Å². The Morgan fingerprint density at radius 2 is 1.89 bits per heavy atom. The summed E-state index contributed by atoms with van der Waals surface area (Å²) in [6.45, 7) is 1.81. The average Bonchev–Trinajstić information content (AvgIpc) is 2.66. The first-order valence-electron chi connectivity index (χ1n) is 6.60. The van der Waals surface area contributed by atoms with Gasteiger partial charge < -0.3 is 10.2 Å². The molecule has 1 saturated heterocycles. The summed E-state index contributed by atoms with van der Waals surface area (Å²) in [5.41, 5.74) is -0.267. The molecule has 1 atom stereocenters. The molecular weight excluding hydrogens is 253 g/mol. The Morgan fingerprint density at radius 3 is 2.63 bits per heavy atom. The predicted octanol–water partition coefficient (Wildman–Crippen LogP) is 3.28. The lowest BCUT2D eigenvalue weighted by atomic mass is 10.0. The van der Waals surface area contributed by atoms with Crippen molar-refractivity contribution in [3.8, 4) is 0 Å². The maximum atomic E-state index is 13.0. The van der Waals surface area contributed by atoms with Crippen molar-refractivity contribution >= 4 is 5.69 Å². The van der Waals surface area contributed by atoms with Crippen molar-refractivity contribution < 1.29 is 13.2 Å². The molecule has 0 amide bonds. The minimum Gasteiger partial charge on any atom is -0.371 e. The molecule has 1 aromatic carbocycles. The molecular formula is C14H19F3N2. The van der Waals surface area contributed by atoms with Crippen molar-refractivity contribution in [1.29, 1.82) is 0 Å². The Hall–Kier alpha value is -1.23. The minimum absolute atomic E-state index is 0.165. The van der Waals surface area contributed by atoms with Gasteiger partial charge in [0.1, 0.15) is 0 Å². The molecule has 2 rings (SSSR count). The molecule has 0 saturated carbocycles. The zero-order valence-corrected chi connectivity index (χ0v) is 11.0. The van der Waals surface area contributed by atoms with Crippen molar-refractivity contribution in [2.24, 2.45) is 0 Å². The van der Waals surface area contributed by atoms with E-state index in [0.29, 0.717) is 0 Å². The van der Waals surface area contributed by atoms with Gasteiger partial charge in [-0.2, -0.15) is 13.2 Å². The number of halogens is 3. The van der Waals surface area contributed by atoms with E-state index in [9.17, 15) is 13.2 Å². The standard InChI is InChI=1S/C14H19F3N2/c1-19(11-5-4-9-18-10-8-11)13-7-3-2-6-12(13)14(15,16)17/h2-3,6-7,11,18H,4-5,8-10H2,1H3. The van der Waals surface area contributed by atoms with E-state index >= 15 is 0 Å². The highest BCUT2D eigenvalue weighted by atomic mass is 19.4. The predicted molar refractivity (Wildman–Crippen MR) is 70.4 cm³/mol. The highest BCUT2D eigenvalue weighted by Gasteiger charge is 2.35. The molecule has 5 heteroatoms. The maximum Gasteiger partial charge on any atom is 0.418 e. The number of rotatable bonds is 2. The smallest absolute Gasteiger partial charge is 0.371 e. The fourth-order valence-electron chi connectivity index (χ4n) is 2.61. The molecule has 2 nitrogen and oxygen atoms in total. The van der Waals surface area contributed by atoms with Gasteiger partial charge in [0, 0.05) is 18.8 Å². The quantitative estimate of drug-likeness (QED) is 0.888. The lowest BCUT2D eigenvalue weighted by Crippen LogP contribution is -2.33. The number of alkyl halides is 3. The van der Waals surface area contributed by atoms with E-state index in [-0.39, 0.29) is 11.7 Å². The third-order valence-corrected chi connectivity index (χ3v) is 3.68. The summed E-state index contributed by atoms with van der Waals surface area (Å²) in [4.78, 5) is 1.79. The number of hydrogen-bond acceptors (Lipinski definition) is 2. The van der Waals surface area contributed by atoms with Crippen LogP contribution in [0.15, 0.2) is 24.3 Å². The highest BCUT2D eigenvalue weighted by Crippen LogP contribution is 2.37. The first-order valence-corrected chi connectivity index (χ1v) is 6.60. The van der Waals surface area contributed by atoms with E-state index < -0.39 is 11.7 Å². The van der Waals surface area contributed by atoms with E-state index in [0.717, 1.165) is 38.4 Å². The third-order valence-electron chi connectivity index (χ3n) is 3.68. The molecule has 1 unspecified atom stereocenters. The van der Waals surface area contributed by atoms with Gasteiger partial charge in [-0.05, 0) is 44.5 Å². The van der Waals surface area contributed by atoms with Crippen LogP contribution >= 0.6 is 0 Å². The van der Waals surface area contributed by atoms with Gasteiger partial charge in [0.05, 0.1) is 5.56 Å². The van der Waals surface area contributed by atoms with E-state index in [1.165, 1.54) is 6.07 Å². The zero-order chi connectivity index (χ0) is 13.9. The van der Waals surface area contributed by atoms with Crippen LogP contribution in [0.1, 0.15) is 24.8 Å². The van der Waals surface area contributed by atoms with Gasteiger partial charge in [-0.15, -0.1) is 0 Å². The molecule has 0 spiro atoms. The van der Waals surface area contributed by atoms with Crippen molar-refractivity contribution in [1.82, 2.24) is 5.32 Å². The molecule has 0 aliphatic carbocycles. The van der Waals surface area contributed by atoms with Crippen LogP contribution < -0.4 is 10.2 Å². The largest absolute Gasteiger partial charge is 0.418 e. The first kappa shape index (κ1) is 14.2. The summed E-state index contributed by atoms with van der Waals surface area (Å²) in [5.74, 6) is 0. The van der Waals surface area contributed by atoms with Crippen LogP contribution in [-0.4, -0.2) is 26.2 Å². The number of benzene rings is 1. The first-order chi connectivity index (χ1) is 9.00. The van der Waals surface area contributed by atoms with Crippen LogP contribution in [0.25, 0.3) is 0 Å². The molecule has 106 valence electrons. The Morgan fingerprint density at radius 1 is 1.16 bits per heavy atom. The zero-order valence-electron chi connectivity index (χ0n) is 11.0. The molecule has 1 heterocycles. The number of para-hydroxylation sites is 1. The molecule has 1 aromatic rings. The van der Waals surface area contributed by atoms with Gasteiger partial charge in [-0.3, -0.25) is 0 Å². The van der Waals surface area contributed by atoms with Crippen LogP contribution in [-0.2, 0) is 6.18 Å². The monoisotopic (exact) mass is 272 g/mol. The van der Waals surface area contributed by atoms with Gasteiger partial charge in [0.15, 0.2) is 0 Å². The topological polar surface area (TPSA) is 15.3 Å². The fourth-order valence-corrected chi connectivity index (χ4v) is 2.61. The third kappa shape index (κ3) is 3.41. The van der Waals surface area contributed by atoms with E-state index in [4.69, 9.17) is 0 Å². The molecule has 1 N–H and O–H groups in total. The van der Waals surface area contributed by atoms with E-state index in [1.54, 1.807) is 24.1 Å². The maximum absolute atomic E-state index is 13.0. The number of hydrogen-bond donors (Lipinski definition) is 1. The lowest BCUT2D eigenvalue weighted by molar-refractivity contribution is -0.137. The summed E-state index contributed by atoms with van der Waals surface area (Å²) in [7, 11) is 1.76. The summed E-state index contributed by atoms with van der Waals surface area (Å²) in [5, 5.41) is 3.28. The second kappa shape index (κ2) is 5.82. The van der Waals surface area contributed by atoms with E-state index in [2.05, 4.69) is 5.32 Å². The number of nitrogens with one attached hydrogen (secondary N) is 1. The molecule has 0 bridgehead atoms. The van der Waals surface area contributed by atoms with Gasteiger partial charge in [-0.25, -0.2) is 0 Å². The summed E-state index contributed by atoms with van der Waals surface area (Å²) < 4.78 is 39.1. The van der Waals surface area contributed by atoms with Crippen molar-refractivity contribution in [2.75, 3.05) is 25.0 Å². The number of nitrogens with zero attached hydrogens (tertiary/aromatic N) is 1. The van der Waals surface area contributed by atoms with Gasteiger partial charge in [0.2, 0.25) is 0 Å². The molecule has 0 aromatic heterocycles. The second-order valence-corrected chi connectivity index (χ2v) is 4.96. The molecule has 1 fully saturated rings. The van der Waals surface area contributed by atoms with Gasteiger partial charge in [-0.1, -0.05) is 12.1 Å². The average molecular weight is 272 g/mol. The normalized spacial score (nSPS) is 20.9. The second-order valence-electron chi connectivity index (χ2n) is 4.96. The Kier molecular flexibility index (Phi) is 4.34. The van der Waals surface area contributed by atoms with Gasteiger partial charge in [0.25, 0.3) is 0 Å². The van der Waals surface area contributed by atoms with Crippen LogP contribution in [0, 0.1) is 0 Å². The SMILES string of the molecule is CN(c1ccccc1C(F)(F)F)C1CCCNCC1. The van der Waals surface area contributed by atoms with Gasteiger partial charge >= 0.3 is 6.18 Å². The van der Waals surface area contributed by atoms with Crippen LogP contribution in [0.5, 0.6) is 0 Å². The number of anilines is 1. The summed E-state index contributed by atoms with van der Waals surface area (Å²) >= 11 is 0. The fraction of sp³-hybridized carbons (Fsp3) is 0.571.